The molecule has 0 bridgehead atoms. The van der Waals surface area contributed by atoms with Crippen molar-refractivity contribution in [2.75, 3.05) is 18.5 Å². The molecule has 1 N–H and O–H groups in total. The van der Waals surface area contributed by atoms with Crippen LogP contribution in [0.2, 0.25) is 10.0 Å². The summed E-state index contributed by atoms with van der Waals surface area (Å²) >= 11 is 12.2. The van der Waals surface area contributed by atoms with Crippen LogP contribution in [0.25, 0.3) is 0 Å². The van der Waals surface area contributed by atoms with Crippen LogP contribution in [0.15, 0.2) is 36.4 Å². The molecule has 0 spiro atoms. The molecule has 0 saturated heterocycles. The minimum absolute atomic E-state index is 0.313. The molecule has 3 rings (SSSR count). The number of halogens is 2. The second kappa shape index (κ2) is 5.84. The van der Waals surface area contributed by atoms with Crippen molar-refractivity contribution in [2.45, 2.75) is 0 Å². The molecule has 1 aliphatic heterocycles. The molecular weight excluding hydrogens is 313 g/mol. The van der Waals surface area contributed by atoms with Crippen molar-refractivity contribution in [2.24, 2.45) is 0 Å². The molecule has 2 aromatic carbocycles. The highest BCUT2D eigenvalue weighted by molar-refractivity contribution is 6.37. The summed E-state index contributed by atoms with van der Waals surface area (Å²) in [6.45, 7) is 0.906. The molecule has 0 atom stereocenters. The molecule has 6 heteroatoms. The summed E-state index contributed by atoms with van der Waals surface area (Å²) in [4.78, 5) is 12.2. The van der Waals surface area contributed by atoms with Gasteiger partial charge in [-0.25, -0.2) is 0 Å². The van der Waals surface area contributed by atoms with E-state index in [9.17, 15) is 4.79 Å². The lowest BCUT2D eigenvalue weighted by Gasteiger charge is -2.20. The standard InChI is InChI=1S/C15H11Cl2NO3/c16-10-4-2-1-3-9(10)15(19)18-11-5-6-12-14(13(11)17)21-8-7-20-12/h1-6H,7-8H2,(H,18,19). The number of carbonyl (C=O) groups excluding carboxylic acids is 1. The van der Waals surface area contributed by atoms with Crippen molar-refractivity contribution in [3.8, 4) is 11.5 Å². The van der Waals surface area contributed by atoms with Crippen LogP contribution in [-0.4, -0.2) is 19.1 Å². The second-order valence-corrected chi connectivity index (χ2v) is 5.17. The van der Waals surface area contributed by atoms with Crippen LogP contribution in [0.3, 0.4) is 0 Å². The van der Waals surface area contributed by atoms with Crippen LogP contribution in [0.4, 0.5) is 5.69 Å². The zero-order chi connectivity index (χ0) is 14.8. The Morgan fingerprint density at radius 2 is 1.81 bits per heavy atom. The Hall–Kier alpha value is -1.91. The predicted molar refractivity (Wildman–Crippen MR) is 81.8 cm³/mol. The van der Waals surface area contributed by atoms with E-state index in [-0.39, 0.29) is 5.91 Å². The van der Waals surface area contributed by atoms with Gasteiger partial charge in [0, 0.05) is 0 Å². The van der Waals surface area contributed by atoms with E-state index in [1.165, 1.54) is 0 Å². The number of nitrogens with one attached hydrogen (secondary N) is 1. The fourth-order valence-corrected chi connectivity index (χ4v) is 2.49. The average Bonchev–Trinajstić information content (AvgIpc) is 2.51. The number of benzene rings is 2. The summed E-state index contributed by atoms with van der Waals surface area (Å²) in [5.41, 5.74) is 0.830. The van der Waals surface area contributed by atoms with E-state index in [1.807, 2.05) is 0 Å². The smallest absolute Gasteiger partial charge is 0.257 e. The number of ether oxygens (including phenoxy) is 2. The zero-order valence-electron chi connectivity index (χ0n) is 10.9. The van der Waals surface area contributed by atoms with Crippen molar-refractivity contribution in [3.05, 3.63) is 52.0 Å². The Labute approximate surface area is 131 Å². The van der Waals surface area contributed by atoms with Gasteiger partial charge in [0.1, 0.15) is 18.2 Å². The van der Waals surface area contributed by atoms with Gasteiger partial charge in [0.2, 0.25) is 0 Å². The van der Waals surface area contributed by atoms with Crippen LogP contribution in [0.5, 0.6) is 11.5 Å². The predicted octanol–water partition coefficient (Wildman–Crippen LogP) is 4.02. The minimum Gasteiger partial charge on any atom is -0.486 e. The van der Waals surface area contributed by atoms with Crippen LogP contribution in [-0.2, 0) is 0 Å². The number of hydrogen-bond acceptors (Lipinski definition) is 3. The number of rotatable bonds is 2. The number of hydrogen-bond donors (Lipinski definition) is 1. The van der Waals surface area contributed by atoms with E-state index in [0.717, 1.165) is 0 Å². The first-order valence-electron chi connectivity index (χ1n) is 6.31. The minimum atomic E-state index is -0.334. The Kier molecular flexibility index (Phi) is 3.90. The third kappa shape index (κ3) is 2.77. The van der Waals surface area contributed by atoms with Gasteiger partial charge in [0.25, 0.3) is 5.91 Å². The van der Waals surface area contributed by atoms with Crippen molar-refractivity contribution in [1.29, 1.82) is 0 Å². The van der Waals surface area contributed by atoms with Gasteiger partial charge in [0.05, 0.1) is 16.3 Å². The number of carbonyl (C=O) groups is 1. The number of anilines is 1. The monoisotopic (exact) mass is 323 g/mol. The SMILES string of the molecule is O=C(Nc1ccc2c(c1Cl)OCCO2)c1ccccc1Cl. The molecule has 21 heavy (non-hydrogen) atoms. The molecule has 0 aromatic heterocycles. The summed E-state index contributed by atoms with van der Waals surface area (Å²) in [6, 6.07) is 10.2. The van der Waals surface area contributed by atoms with Crippen LogP contribution in [0.1, 0.15) is 10.4 Å². The maximum absolute atomic E-state index is 12.2. The Bertz CT molecular complexity index is 703. The van der Waals surface area contributed by atoms with E-state index < -0.39 is 0 Å². The van der Waals surface area contributed by atoms with Crippen LogP contribution in [0, 0.1) is 0 Å². The molecular formula is C15H11Cl2NO3. The van der Waals surface area contributed by atoms with Gasteiger partial charge in [-0.1, -0.05) is 35.3 Å². The van der Waals surface area contributed by atoms with Crippen molar-refractivity contribution >= 4 is 34.8 Å². The van der Waals surface area contributed by atoms with Gasteiger partial charge in [-0.05, 0) is 24.3 Å². The van der Waals surface area contributed by atoms with E-state index in [2.05, 4.69) is 5.32 Å². The van der Waals surface area contributed by atoms with Gasteiger partial charge in [-0.3, -0.25) is 4.79 Å². The quantitative estimate of drug-likeness (QED) is 0.908. The highest BCUT2D eigenvalue weighted by atomic mass is 35.5. The Balaban J connectivity index is 1.89. The highest BCUT2D eigenvalue weighted by Crippen LogP contribution is 2.41. The summed E-state index contributed by atoms with van der Waals surface area (Å²) < 4.78 is 10.9. The summed E-state index contributed by atoms with van der Waals surface area (Å²) in [5.74, 6) is 0.682. The maximum atomic E-state index is 12.2. The first-order chi connectivity index (χ1) is 10.2. The molecule has 0 unspecified atom stereocenters. The second-order valence-electron chi connectivity index (χ2n) is 4.39. The largest absolute Gasteiger partial charge is 0.486 e. The van der Waals surface area contributed by atoms with E-state index in [4.69, 9.17) is 32.7 Å². The molecule has 0 saturated carbocycles. The average molecular weight is 324 g/mol. The van der Waals surface area contributed by atoms with Crippen LogP contribution >= 0.6 is 23.2 Å². The molecule has 1 aliphatic rings. The van der Waals surface area contributed by atoms with Gasteiger partial charge in [-0.2, -0.15) is 0 Å². The summed E-state index contributed by atoms with van der Waals surface area (Å²) in [5, 5.41) is 3.42. The van der Waals surface area contributed by atoms with Crippen LogP contribution < -0.4 is 14.8 Å². The molecule has 2 aromatic rings. The van der Waals surface area contributed by atoms with Gasteiger partial charge >= 0.3 is 0 Å². The topological polar surface area (TPSA) is 47.6 Å². The first-order valence-corrected chi connectivity index (χ1v) is 7.06. The maximum Gasteiger partial charge on any atom is 0.257 e. The van der Waals surface area contributed by atoms with E-state index >= 15 is 0 Å². The fourth-order valence-electron chi connectivity index (χ4n) is 2.01. The Morgan fingerprint density at radius 3 is 2.62 bits per heavy atom. The third-order valence-corrected chi connectivity index (χ3v) is 3.72. The lowest BCUT2D eigenvalue weighted by molar-refractivity contribution is 0.102. The van der Waals surface area contributed by atoms with Crippen molar-refractivity contribution in [3.63, 3.8) is 0 Å². The fraction of sp³-hybridized carbons (Fsp3) is 0.133. The van der Waals surface area contributed by atoms with Gasteiger partial charge in [-0.15, -0.1) is 0 Å². The molecule has 0 radical (unpaired) electrons. The number of amides is 1. The molecule has 0 aliphatic carbocycles. The van der Waals surface area contributed by atoms with Gasteiger partial charge in [0.15, 0.2) is 11.5 Å². The van der Waals surface area contributed by atoms with Crippen molar-refractivity contribution in [1.82, 2.24) is 0 Å². The zero-order valence-corrected chi connectivity index (χ0v) is 12.4. The van der Waals surface area contributed by atoms with Gasteiger partial charge < -0.3 is 14.8 Å². The molecule has 108 valence electrons. The molecule has 0 fully saturated rings. The lowest BCUT2D eigenvalue weighted by Crippen LogP contribution is -2.17. The number of fused-ring (bicyclic) bond motifs is 1. The summed E-state index contributed by atoms with van der Waals surface area (Å²) in [7, 11) is 0. The highest BCUT2D eigenvalue weighted by Gasteiger charge is 2.20. The first kappa shape index (κ1) is 14.0. The Morgan fingerprint density at radius 1 is 1.05 bits per heavy atom. The molecule has 4 nitrogen and oxygen atoms in total. The third-order valence-electron chi connectivity index (χ3n) is 3.01. The normalized spacial score (nSPS) is 12.9. The molecule has 1 heterocycles. The van der Waals surface area contributed by atoms with E-state index in [0.29, 0.717) is 46.0 Å². The van der Waals surface area contributed by atoms with E-state index in [1.54, 1.807) is 36.4 Å². The summed E-state index contributed by atoms with van der Waals surface area (Å²) in [6.07, 6.45) is 0. The van der Waals surface area contributed by atoms with Crippen molar-refractivity contribution < 1.29 is 14.3 Å². The molecule has 1 amide bonds. The lowest BCUT2D eigenvalue weighted by atomic mass is 10.2.